The molecule has 0 fully saturated rings. The maximum atomic E-state index is 6.07. The minimum atomic E-state index is 0.239. The molecule has 1 aliphatic carbocycles. The zero-order valence-corrected chi connectivity index (χ0v) is 11.2. The van der Waals surface area contributed by atoms with Gasteiger partial charge in [-0.25, -0.2) is 4.98 Å². The molecule has 5 heteroatoms. The van der Waals surface area contributed by atoms with E-state index < -0.39 is 0 Å². The van der Waals surface area contributed by atoms with Gasteiger partial charge in [-0.3, -0.25) is 0 Å². The molecule has 0 amide bonds. The summed E-state index contributed by atoms with van der Waals surface area (Å²) < 4.78 is 0. The second-order valence-electron chi connectivity index (χ2n) is 4.78. The molecule has 4 nitrogen and oxygen atoms in total. The van der Waals surface area contributed by atoms with Gasteiger partial charge in [-0.05, 0) is 30.4 Å². The standard InChI is InChI=1S/C14H15ClN4/c15-12-8-17-14(16)19-13(12)18-11-6-5-9-3-1-2-4-10(9)7-11/h1-4,8,11H,5-7H2,(H3,16,17,18,19). The summed E-state index contributed by atoms with van der Waals surface area (Å²) in [6.07, 6.45) is 4.66. The van der Waals surface area contributed by atoms with Crippen molar-refractivity contribution < 1.29 is 0 Å². The fourth-order valence-corrected chi connectivity index (χ4v) is 2.64. The van der Waals surface area contributed by atoms with Crippen molar-refractivity contribution in [3.05, 3.63) is 46.6 Å². The Kier molecular flexibility index (Phi) is 3.25. The molecule has 19 heavy (non-hydrogen) atoms. The molecule has 1 atom stereocenters. The third kappa shape index (κ3) is 2.63. The molecule has 0 spiro atoms. The molecule has 1 aliphatic rings. The number of nitrogens with two attached hydrogens (primary N) is 1. The molecule has 3 N–H and O–H groups in total. The number of nitrogens with zero attached hydrogens (tertiary/aromatic N) is 2. The lowest BCUT2D eigenvalue weighted by Gasteiger charge is -2.26. The highest BCUT2D eigenvalue weighted by atomic mass is 35.5. The number of rotatable bonds is 2. The van der Waals surface area contributed by atoms with Gasteiger partial charge in [0.2, 0.25) is 5.95 Å². The number of hydrogen-bond acceptors (Lipinski definition) is 4. The van der Waals surface area contributed by atoms with E-state index in [0.717, 1.165) is 19.3 Å². The van der Waals surface area contributed by atoms with Crippen LogP contribution < -0.4 is 11.1 Å². The van der Waals surface area contributed by atoms with E-state index in [1.54, 1.807) is 0 Å². The normalized spacial score (nSPS) is 17.8. The Morgan fingerprint density at radius 3 is 2.89 bits per heavy atom. The third-order valence-corrected chi connectivity index (χ3v) is 3.73. The van der Waals surface area contributed by atoms with Crippen LogP contribution in [0.15, 0.2) is 30.5 Å². The SMILES string of the molecule is Nc1ncc(Cl)c(NC2CCc3ccccc3C2)n1. The van der Waals surface area contributed by atoms with E-state index in [-0.39, 0.29) is 5.95 Å². The third-order valence-electron chi connectivity index (χ3n) is 3.45. The van der Waals surface area contributed by atoms with E-state index in [4.69, 9.17) is 17.3 Å². The Morgan fingerprint density at radius 2 is 2.05 bits per heavy atom. The second-order valence-corrected chi connectivity index (χ2v) is 5.18. The highest BCUT2D eigenvalue weighted by Crippen LogP contribution is 2.25. The van der Waals surface area contributed by atoms with Crippen molar-refractivity contribution >= 4 is 23.4 Å². The van der Waals surface area contributed by atoms with Crippen molar-refractivity contribution in [3.63, 3.8) is 0 Å². The number of fused-ring (bicyclic) bond motifs is 1. The van der Waals surface area contributed by atoms with Gasteiger partial charge in [-0.15, -0.1) is 0 Å². The van der Waals surface area contributed by atoms with Crippen LogP contribution in [0.5, 0.6) is 0 Å². The summed E-state index contributed by atoms with van der Waals surface area (Å²) >= 11 is 6.07. The summed E-state index contributed by atoms with van der Waals surface area (Å²) in [6.45, 7) is 0. The van der Waals surface area contributed by atoms with Gasteiger partial charge in [-0.1, -0.05) is 35.9 Å². The van der Waals surface area contributed by atoms with Crippen LogP contribution >= 0.6 is 11.6 Å². The van der Waals surface area contributed by atoms with Crippen LogP contribution in [0.4, 0.5) is 11.8 Å². The summed E-state index contributed by atoms with van der Waals surface area (Å²) in [6, 6.07) is 8.88. The molecule has 0 radical (unpaired) electrons. The number of anilines is 2. The van der Waals surface area contributed by atoms with Crippen molar-refractivity contribution in [2.45, 2.75) is 25.3 Å². The molecule has 0 aliphatic heterocycles. The molecule has 98 valence electrons. The summed E-state index contributed by atoms with van der Waals surface area (Å²) in [5, 5.41) is 3.88. The Bertz CT molecular complexity index is 600. The first-order valence-electron chi connectivity index (χ1n) is 6.33. The average molecular weight is 275 g/mol. The van der Waals surface area contributed by atoms with Crippen molar-refractivity contribution in [1.29, 1.82) is 0 Å². The minimum absolute atomic E-state index is 0.239. The number of hydrogen-bond donors (Lipinski definition) is 2. The number of aromatic nitrogens is 2. The molecular weight excluding hydrogens is 260 g/mol. The van der Waals surface area contributed by atoms with E-state index in [9.17, 15) is 0 Å². The zero-order chi connectivity index (χ0) is 13.2. The van der Waals surface area contributed by atoms with Crippen LogP contribution in [-0.2, 0) is 12.8 Å². The van der Waals surface area contributed by atoms with Gasteiger partial charge in [0, 0.05) is 6.04 Å². The molecule has 1 aromatic carbocycles. The number of nitrogens with one attached hydrogen (secondary N) is 1. The number of aryl methyl sites for hydroxylation is 1. The number of halogens is 1. The fraction of sp³-hybridized carbons (Fsp3) is 0.286. The van der Waals surface area contributed by atoms with Crippen LogP contribution in [0.25, 0.3) is 0 Å². The van der Waals surface area contributed by atoms with Crippen molar-refractivity contribution in [2.24, 2.45) is 0 Å². The summed E-state index contributed by atoms with van der Waals surface area (Å²) in [5.41, 5.74) is 8.42. The van der Waals surface area contributed by atoms with E-state index in [0.29, 0.717) is 16.9 Å². The average Bonchev–Trinajstić information content (AvgIpc) is 2.43. The Labute approximate surface area is 117 Å². The van der Waals surface area contributed by atoms with Gasteiger partial charge in [0.1, 0.15) is 5.02 Å². The first-order chi connectivity index (χ1) is 9.22. The number of benzene rings is 1. The van der Waals surface area contributed by atoms with Gasteiger partial charge in [-0.2, -0.15) is 4.98 Å². The van der Waals surface area contributed by atoms with Crippen LogP contribution in [0.2, 0.25) is 5.02 Å². The smallest absolute Gasteiger partial charge is 0.222 e. The molecular formula is C14H15ClN4. The zero-order valence-electron chi connectivity index (χ0n) is 10.4. The Morgan fingerprint density at radius 1 is 1.26 bits per heavy atom. The number of nitrogen functional groups attached to an aromatic ring is 1. The Balaban J connectivity index is 1.77. The van der Waals surface area contributed by atoms with Gasteiger partial charge in [0.15, 0.2) is 5.82 Å². The van der Waals surface area contributed by atoms with Gasteiger partial charge < -0.3 is 11.1 Å². The lowest BCUT2D eigenvalue weighted by atomic mass is 9.88. The minimum Gasteiger partial charge on any atom is -0.368 e. The molecule has 1 unspecified atom stereocenters. The quantitative estimate of drug-likeness (QED) is 0.884. The maximum absolute atomic E-state index is 6.07. The molecule has 0 bridgehead atoms. The molecule has 0 saturated carbocycles. The lowest BCUT2D eigenvalue weighted by Crippen LogP contribution is -2.28. The second kappa shape index (κ2) is 5.05. The molecule has 2 aromatic rings. The van der Waals surface area contributed by atoms with Crippen LogP contribution in [-0.4, -0.2) is 16.0 Å². The monoisotopic (exact) mass is 274 g/mol. The van der Waals surface area contributed by atoms with Crippen molar-refractivity contribution in [3.8, 4) is 0 Å². The highest BCUT2D eigenvalue weighted by Gasteiger charge is 2.19. The summed E-state index contributed by atoms with van der Waals surface area (Å²) in [7, 11) is 0. The first-order valence-corrected chi connectivity index (χ1v) is 6.71. The van der Waals surface area contributed by atoms with Crippen LogP contribution in [0.1, 0.15) is 17.5 Å². The fourth-order valence-electron chi connectivity index (χ4n) is 2.50. The van der Waals surface area contributed by atoms with E-state index in [1.165, 1.54) is 17.3 Å². The van der Waals surface area contributed by atoms with Gasteiger partial charge in [0.25, 0.3) is 0 Å². The predicted octanol–water partition coefficient (Wildman–Crippen LogP) is 2.68. The summed E-state index contributed by atoms with van der Waals surface area (Å²) in [4.78, 5) is 8.01. The van der Waals surface area contributed by atoms with E-state index in [1.807, 2.05) is 0 Å². The van der Waals surface area contributed by atoms with Crippen LogP contribution in [0, 0.1) is 0 Å². The summed E-state index contributed by atoms with van der Waals surface area (Å²) in [5.74, 6) is 0.863. The van der Waals surface area contributed by atoms with Gasteiger partial charge >= 0.3 is 0 Å². The van der Waals surface area contributed by atoms with Crippen LogP contribution in [0.3, 0.4) is 0 Å². The molecule has 3 rings (SSSR count). The lowest BCUT2D eigenvalue weighted by molar-refractivity contribution is 0.609. The first kappa shape index (κ1) is 12.2. The van der Waals surface area contributed by atoms with Crippen molar-refractivity contribution in [1.82, 2.24) is 9.97 Å². The van der Waals surface area contributed by atoms with E-state index >= 15 is 0 Å². The topological polar surface area (TPSA) is 63.8 Å². The largest absolute Gasteiger partial charge is 0.368 e. The molecule has 1 aromatic heterocycles. The van der Waals surface area contributed by atoms with E-state index in [2.05, 4.69) is 39.6 Å². The predicted molar refractivity (Wildman–Crippen MR) is 77.3 cm³/mol. The highest BCUT2D eigenvalue weighted by molar-refractivity contribution is 6.32. The molecule has 1 heterocycles. The van der Waals surface area contributed by atoms with Gasteiger partial charge in [0.05, 0.1) is 6.20 Å². The Hall–Kier alpha value is -1.81. The maximum Gasteiger partial charge on any atom is 0.222 e. The molecule has 0 saturated heterocycles. The van der Waals surface area contributed by atoms with Crippen molar-refractivity contribution in [2.75, 3.05) is 11.1 Å².